The molecule has 0 atom stereocenters. The minimum atomic E-state index is -0.179. The highest BCUT2D eigenvalue weighted by atomic mass is 79.9. The van der Waals surface area contributed by atoms with Crippen LogP contribution in [0.4, 0.5) is 4.39 Å². The van der Waals surface area contributed by atoms with Crippen molar-refractivity contribution in [2.75, 3.05) is 0 Å². The van der Waals surface area contributed by atoms with Crippen LogP contribution in [0.15, 0.2) is 15.1 Å². The number of hydrogen-bond acceptors (Lipinski definition) is 0. The summed E-state index contributed by atoms with van der Waals surface area (Å²) in [7, 11) is 0. The third-order valence-corrected chi connectivity index (χ3v) is 4.29. The van der Waals surface area contributed by atoms with Crippen molar-refractivity contribution in [3.8, 4) is 0 Å². The lowest BCUT2D eigenvalue weighted by molar-refractivity contribution is 0.419. The van der Waals surface area contributed by atoms with Gasteiger partial charge in [0.15, 0.2) is 0 Å². The molecule has 1 heterocycles. The molecule has 0 amide bonds. The molecule has 1 fully saturated rings. The maximum Gasteiger partial charge on any atom is 0.209 e. The van der Waals surface area contributed by atoms with E-state index in [0.29, 0.717) is 4.47 Å². The second-order valence-corrected chi connectivity index (χ2v) is 5.10. The maximum absolute atomic E-state index is 13.4. The van der Waals surface area contributed by atoms with Crippen molar-refractivity contribution < 1.29 is 4.39 Å². The Balaban J connectivity index is 2.51. The molecule has 1 aromatic heterocycles. The standard InChI is InChI=1S/C8H8Br2FN/c1-8(2-3-8)12-4-5(9)6(10)7(12)11/h4H,2-3H2,1H3. The zero-order valence-corrected chi connectivity index (χ0v) is 9.74. The monoisotopic (exact) mass is 295 g/mol. The van der Waals surface area contributed by atoms with Gasteiger partial charge in [-0.25, -0.2) is 0 Å². The summed E-state index contributed by atoms with van der Waals surface area (Å²) in [5.41, 5.74) is 0.0264. The smallest absolute Gasteiger partial charge is 0.209 e. The normalized spacial score (nSPS) is 19.7. The predicted octanol–water partition coefficient (Wildman–Crippen LogP) is 3.66. The molecule has 12 heavy (non-hydrogen) atoms. The third-order valence-electron chi connectivity index (χ3n) is 2.40. The van der Waals surface area contributed by atoms with E-state index in [4.69, 9.17) is 0 Å². The molecule has 1 nitrogen and oxygen atoms in total. The van der Waals surface area contributed by atoms with Crippen molar-refractivity contribution >= 4 is 31.9 Å². The van der Waals surface area contributed by atoms with Crippen molar-refractivity contribution in [3.05, 3.63) is 21.1 Å². The lowest BCUT2D eigenvalue weighted by Crippen LogP contribution is -2.12. The zero-order chi connectivity index (χ0) is 8.93. The summed E-state index contributed by atoms with van der Waals surface area (Å²) in [6.07, 6.45) is 3.93. The van der Waals surface area contributed by atoms with E-state index in [0.717, 1.165) is 17.3 Å². The molecule has 0 aliphatic heterocycles. The fourth-order valence-electron chi connectivity index (χ4n) is 1.25. The van der Waals surface area contributed by atoms with Gasteiger partial charge in [-0.15, -0.1) is 0 Å². The molecule has 0 N–H and O–H groups in total. The van der Waals surface area contributed by atoms with Gasteiger partial charge < -0.3 is 4.57 Å². The van der Waals surface area contributed by atoms with Gasteiger partial charge in [-0.1, -0.05) is 0 Å². The Hall–Kier alpha value is 0.170. The number of nitrogens with zero attached hydrogens (tertiary/aromatic N) is 1. The summed E-state index contributed by atoms with van der Waals surface area (Å²) in [6, 6.07) is 0. The number of rotatable bonds is 1. The lowest BCUT2D eigenvalue weighted by atomic mass is 10.3. The summed E-state index contributed by atoms with van der Waals surface area (Å²) in [5, 5.41) is 0. The van der Waals surface area contributed by atoms with Gasteiger partial charge >= 0.3 is 0 Å². The Morgan fingerprint density at radius 3 is 2.42 bits per heavy atom. The molecule has 1 aromatic rings. The summed E-state index contributed by atoms with van der Waals surface area (Å²) in [4.78, 5) is 0. The molecule has 0 aromatic carbocycles. The van der Waals surface area contributed by atoms with Crippen molar-refractivity contribution in [1.82, 2.24) is 4.57 Å². The van der Waals surface area contributed by atoms with E-state index in [1.54, 1.807) is 10.8 Å². The summed E-state index contributed by atoms with van der Waals surface area (Å²) in [6.45, 7) is 2.06. The molecule has 1 aliphatic carbocycles. The van der Waals surface area contributed by atoms with Crippen LogP contribution in [0.3, 0.4) is 0 Å². The van der Waals surface area contributed by atoms with Gasteiger partial charge in [-0.3, -0.25) is 0 Å². The fourth-order valence-corrected chi connectivity index (χ4v) is 1.91. The first-order chi connectivity index (χ1) is 5.54. The Labute approximate surface area is 87.2 Å². The molecule has 4 heteroatoms. The molecule has 0 bridgehead atoms. The van der Waals surface area contributed by atoms with Crippen LogP contribution >= 0.6 is 31.9 Å². The van der Waals surface area contributed by atoms with Crippen LogP contribution in [-0.4, -0.2) is 4.57 Å². The minimum Gasteiger partial charge on any atom is -0.317 e. The molecular formula is C8H8Br2FN. The van der Waals surface area contributed by atoms with Gasteiger partial charge in [-0.2, -0.15) is 4.39 Å². The third kappa shape index (κ3) is 1.16. The highest BCUT2D eigenvalue weighted by Gasteiger charge is 2.41. The Morgan fingerprint density at radius 2 is 2.08 bits per heavy atom. The molecule has 0 spiro atoms. The Bertz CT molecular complexity index is 328. The van der Waals surface area contributed by atoms with Crippen LogP contribution in [0, 0.1) is 5.95 Å². The van der Waals surface area contributed by atoms with Crippen LogP contribution in [0.25, 0.3) is 0 Å². The number of halogens is 3. The van der Waals surface area contributed by atoms with E-state index < -0.39 is 0 Å². The van der Waals surface area contributed by atoms with Gasteiger partial charge in [0.2, 0.25) is 5.95 Å². The van der Waals surface area contributed by atoms with Gasteiger partial charge in [0.05, 0.1) is 8.95 Å². The van der Waals surface area contributed by atoms with E-state index in [-0.39, 0.29) is 11.5 Å². The molecule has 1 aliphatic rings. The first kappa shape index (κ1) is 8.75. The predicted molar refractivity (Wildman–Crippen MR) is 52.7 cm³/mol. The average Bonchev–Trinajstić information content (AvgIpc) is 2.71. The van der Waals surface area contributed by atoms with Crippen molar-refractivity contribution in [1.29, 1.82) is 0 Å². The van der Waals surface area contributed by atoms with Crippen molar-refractivity contribution in [3.63, 3.8) is 0 Å². The van der Waals surface area contributed by atoms with Gasteiger partial charge in [-0.05, 0) is 51.6 Å². The average molecular weight is 297 g/mol. The SMILES string of the molecule is CC1(n2cc(Br)c(Br)c2F)CC1. The van der Waals surface area contributed by atoms with E-state index in [2.05, 4.69) is 38.8 Å². The number of aromatic nitrogens is 1. The first-order valence-electron chi connectivity index (χ1n) is 3.77. The number of hydrogen-bond donors (Lipinski definition) is 0. The van der Waals surface area contributed by atoms with Crippen LogP contribution in [0.5, 0.6) is 0 Å². The van der Waals surface area contributed by atoms with Crippen molar-refractivity contribution in [2.45, 2.75) is 25.3 Å². The topological polar surface area (TPSA) is 4.93 Å². The Morgan fingerprint density at radius 1 is 1.50 bits per heavy atom. The van der Waals surface area contributed by atoms with E-state index in [9.17, 15) is 4.39 Å². The van der Waals surface area contributed by atoms with Gasteiger partial charge in [0.1, 0.15) is 0 Å². The van der Waals surface area contributed by atoms with E-state index >= 15 is 0 Å². The molecule has 2 rings (SSSR count). The quantitative estimate of drug-likeness (QED) is 0.745. The highest BCUT2D eigenvalue weighted by Crippen LogP contribution is 2.45. The summed E-state index contributed by atoms with van der Waals surface area (Å²) < 4.78 is 16.4. The molecular weight excluding hydrogens is 289 g/mol. The first-order valence-corrected chi connectivity index (χ1v) is 5.35. The molecule has 66 valence electrons. The van der Waals surface area contributed by atoms with Gasteiger partial charge in [0.25, 0.3) is 0 Å². The molecule has 0 unspecified atom stereocenters. The Kier molecular flexibility index (Phi) is 1.88. The summed E-state index contributed by atoms with van der Waals surface area (Å²) >= 11 is 6.46. The fraction of sp³-hybridized carbons (Fsp3) is 0.500. The highest BCUT2D eigenvalue weighted by molar-refractivity contribution is 9.13. The zero-order valence-electron chi connectivity index (χ0n) is 6.57. The molecule has 0 saturated heterocycles. The second kappa shape index (κ2) is 2.58. The lowest BCUT2D eigenvalue weighted by Gasteiger charge is -2.10. The molecule has 1 saturated carbocycles. The van der Waals surface area contributed by atoms with Gasteiger partial charge in [0, 0.05) is 11.7 Å². The van der Waals surface area contributed by atoms with E-state index in [1.807, 2.05) is 0 Å². The van der Waals surface area contributed by atoms with Crippen LogP contribution in [0.1, 0.15) is 19.8 Å². The summed E-state index contributed by atoms with van der Waals surface area (Å²) in [5.74, 6) is -0.179. The van der Waals surface area contributed by atoms with Crippen LogP contribution < -0.4 is 0 Å². The largest absolute Gasteiger partial charge is 0.317 e. The van der Waals surface area contributed by atoms with Crippen molar-refractivity contribution in [2.24, 2.45) is 0 Å². The minimum absolute atomic E-state index is 0.0264. The molecule has 0 radical (unpaired) electrons. The second-order valence-electron chi connectivity index (χ2n) is 3.45. The van der Waals surface area contributed by atoms with E-state index in [1.165, 1.54) is 0 Å². The maximum atomic E-state index is 13.4. The van der Waals surface area contributed by atoms with Crippen LogP contribution in [-0.2, 0) is 5.54 Å². The van der Waals surface area contributed by atoms with Crippen LogP contribution in [0.2, 0.25) is 0 Å².